The lowest BCUT2D eigenvalue weighted by Gasteiger charge is -2.35. The number of benzene rings is 1. The van der Waals surface area contributed by atoms with Gasteiger partial charge in [-0.15, -0.1) is 0 Å². The Morgan fingerprint density at radius 3 is 2.75 bits per heavy atom. The minimum Gasteiger partial charge on any atom is -0.469 e. The van der Waals surface area contributed by atoms with Gasteiger partial charge in [-0.3, -0.25) is 14.4 Å². The third kappa shape index (κ3) is 4.63. The van der Waals surface area contributed by atoms with Crippen molar-refractivity contribution in [3.8, 4) is 0 Å². The van der Waals surface area contributed by atoms with Crippen LogP contribution >= 0.6 is 0 Å². The number of hydrogen-bond donors (Lipinski definition) is 2. The van der Waals surface area contributed by atoms with E-state index in [4.69, 9.17) is 0 Å². The van der Waals surface area contributed by atoms with E-state index in [1.807, 2.05) is 30.3 Å². The van der Waals surface area contributed by atoms with Crippen molar-refractivity contribution in [2.75, 3.05) is 7.11 Å². The van der Waals surface area contributed by atoms with Gasteiger partial charge in [0.2, 0.25) is 5.91 Å². The Hall–Kier alpha value is -2.73. The highest BCUT2D eigenvalue weighted by Crippen LogP contribution is 2.25. The van der Waals surface area contributed by atoms with Crippen molar-refractivity contribution in [3.05, 3.63) is 54.1 Å². The van der Waals surface area contributed by atoms with Crippen LogP contribution in [0.15, 0.2) is 48.6 Å². The number of ether oxygens (including phenoxy) is 1. The number of aliphatic hydroxyl groups is 1. The molecule has 0 aliphatic heterocycles. The quantitative estimate of drug-likeness (QED) is 0.621. The molecule has 0 spiro atoms. The zero-order chi connectivity index (χ0) is 17.6. The number of carbonyl (C=O) groups excluding carboxylic acids is 3. The second-order valence-corrected chi connectivity index (χ2v) is 5.55. The summed E-state index contributed by atoms with van der Waals surface area (Å²) < 4.78 is 4.56. The van der Waals surface area contributed by atoms with Gasteiger partial charge in [0.05, 0.1) is 19.6 Å². The van der Waals surface area contributed by atoms with Crippen molar-refractivity contribution in [2.24, 2.45) is 0 Å². The van der Waals surface area contributed by atoms with Gasteiger partial charge in [-0.2, -0.15) is 0 Å². The van der Waals surface area contributed by atoms with Gasteiger partial charge in [-0.1, -0.05) is 30.3 Å². The molecule has 2 atom stereocenters. The maximum atomic E-state index is 12.1. The number of amides is 1. The molecule has 6 heteroatoms. The predicted octanol–water partition coefficient (Wildman–Crippen LogP) is 1.01. The van der Waals surface area contributed by atoms with Crippen LogP contribution in [0.3, 0.4) is 0 Å². The summed E-state index contributed by atoms with van der Waals surface area (Å²) >= 11 is 0. The van der Waals surface area contributed by atoms with Crippen molar-refractivity contribution in [3.63, 3.8) is 0 Å². The number of allylic oxidation sites excluding steroid dienone is 1. The van der Waals surface area contributed by atoms with E-state index in [2.05, 4.69) is 10.1 Å². The van der Waals surface area contributed by atoms with Crippen LogP contribution in [-0.4, -0.2) is 41.5 Å². The number of esters is 1. The summed E-state index contributed by atoms with van der Waals surface area (Å²) in [4.78, 5) is 35.1. The summed E-state index contributed by atoms with van der Waals surface area (Å²) in [5.74, 6) is -1.33. The highest BCUT2D eigenvalue weighted by Gasteiger charge is 2.41. The largest absolute Gasteiger partial charge is 0.469 e. The first-order valence-corrected chi connectivity index (χ1v) is 7.48. The lowest BCUT2D eigenvalue weighted by molar-refractivity contribution is -0.147. The average molecular weight is 329 g/mol. The van der Waals surface area contributed by atoms with Crippen LogP contribution in [0.5, 0.6) is 0 Å². The smallest absolute Gasteiger partial charge is 0.308 e. The Balaban J connectivity index is 2.08. The van der Waals surface area contributed by atoms with Crippen LogP contribution in [0.4, 0.5) is 0 Å². The Labute approximate surface area is 139 Å². The van der Waals surface area contributed by atoms with E-state index in [0.29, 0.717) is 0 Å². The molecular weight excluding hydrogens is 310 g/mol. The molecular formula is C18H19NO5. The maximum Gasteiger partial charge on any atom is 0.308 e. The first-order valence-electron chi connectivity index (χ1n) is 7.48. The van der Waals surface area contributed by atoms with Crippen LogP contribution < -0.4 is 5.32 Å². The topological polar surface area (TPSA) is 92.7 Å². The van der Waals surface area contributed by atoms with Crippen LogP contribution in [0.1, 0.15) is 18.4 Å². The van der Waals surface area contributed by atoms with Gasteiger partial charge in [0, 0.05) is 12.5 Å². The van der Waals surface area contributed by atoms with Gasteiger partial charge in [-0.05, 0) is 23.8 Å². The van der Waals surface area contributed by atoms with Gasteiger partial charge in [0.1, 0.15) is 5.60 Å². The molecule has 1 aliphatic rings. The minimum atomic E-state index is -1.66. The van der Waals surface area contributed by atoms with E-state index in [-0.39, 0.29) is 18.6 Å². The highest BCUT2D eigenvalue weighted by molar-refractivity contribution is 5.95. The molecule has 0 bridgehead atoms. The molecule has 0 fully saturated rings. The first-order chi connectivity index (χ1) is 11.4. The average Bonchev–Trinajstić information content (AvgIpc) is 2.57. The van der Waals surface area contributed by atoms with Gasteiger partial charge >= 0.3 is 5.97 Å². The summed E-state index contributed by atoms with van der Waals surface area (Å²) in [6, 6.07) is 8.33. The fraction of sp³-hybridized carbons (Fsp3) is 0.278. The standard InChI is InChI=1S/C18H19NO5/c1-24-17(22)12-18(23)10-9-14(20)11-15(18)19-16(21)8-7-13-5-3-2-4-6-13/h2-10,15,23H,11-12H2,1H3,(H,19,21). The molecule has 0 heterocycles. The zero-order valence-corrected chi connectivity index (χ0v) is 13.3. The summed E-state index contributed by atoms with van der Waals surface area (Å²) in [5, 5.41) is 13.2. The zero-order valence-electron chi connectivity index (χ0n) is 13.3. The number of rotatable bonds is 5. The van der Waals surface area contributed by atoms with E-state index in [1.54, 1.807) is 6.08 Å². The summed E-state index contributed by atoms with van der Waals surface area (Å²) in [5.41, 5.74) is -0.811. The number of carbonyl (C=O) groups is 3. The second-order valence-electron chi connectivity index (χ2n) is 5.55. The van der Waals surface area contributed by atoms with E-state index >= 15 is 0 Å². The minimum absolute atomic E-state index is 0.0884. The Bertz CT molecular complexity index is 680. The Morgan fingerprint density at radius 1 is 1.38 bits per heavy atom. The van der Waals surface area contributed by atoms with Crippen molar-refractivity contribution in [1.29, 1.82) is 0 Å². The van der Waals surface area contributed by atoms with Crippen LogP contribution in [-0.2, 0) is 19.1 Å². The van der Waals surface area contributed by atoms with Gasteiger partial charge in [0.25, 0.3) is 0 Å². The third-order valence-electron chi connectivity index (χ3n) is 3.76. The second kappa shape index (κ2) is 7.70. The normalized spacial score (nSPS) is 23.2. The lowest BCUT2D eigenvalue weighted by atomic mass is 9.82. The number of ketones is 1. The molecule has 1 aliphatic carbocycles. The van der Waals surface area contributed by atoms with Crippen molar-refractivity contribution in [2.45, 2.75) is 24.5 Å². The van der Waals surface area contributed by atoms with Gasteiger partial charge in [0.15, 0.2) is 5.78 Å². The highest BCUT2D eigenvalue weighted by atomic mass is 16.5. The molecule has 0 radical (unpaired) electrons. The molecule has 2 unspecified atom stereocenters. The van der Waals surface area contributed by atoms with E-state index in [9.17, 15) is 19.5 Å². The molecule has 1 aromatic rings. The maximum absolute atomic E-state index is 12.1. The van der Waals surface area contributed by atoms with Crippen LogP contribution in [0, 0.1) is 0 Å². The molecule has 2 rings (SSSR count). The lowest BCUT2D eigenvalue weighted by Crippen LogP contribution is -2.55. The number of nitrogens with one attached hydrogen (secondary N) is 1. The predicted molar refractivity (Wildman–Crippen MR) is 87.8 cm³/mol. The van der Waals surface area contributed by atoms with Crippen molar-refractivity contribution in [1.82, 2.24) is 5.32 Å². The molecule has 24 heavy (non-hydrogen) atoms. The molecule has 0 saturated carbocycles. The first kappa shape index (κ1) is 17.6. The molecule has 1 amide bonds. The SMILES string of the molecule is COC(=O)CC1(O)C=CC(=O)CC1NC(=O)C=Cc1ccccc1. The van der Waals surface area contributed by atoms with Gasteiger partial charge in [-0.25, -0.2) is 0 Å². The monoisotopic (exact) mass is 329 g/mol. The summed E-state index contributed by atoms with van der Waals surface area (Å²) in [6.45, 7) is 0. The molecule has 1 aromatic carbocycles. The third-order valence-corrected chi connectivity index (χ3v) is 3.76. The summed E-state index contributed by atoms with van der Waals surface area (Å²) in [7, 11) is 1.21. The molecule has 6 nitrogen and oxygen atoms in total. The van der Waals surface area contributed by atoms with Gasteiger partial charge < -0.3 is 15.2 Å². The fourth-order valence-corrected chi connectivity index (χ4v) is 2.42. The molecule has 0 saturated heterocycles. The molecule has 126 valence electrons. The number of hydrogen-bond acceptors (Lipinski definition) is 5. The Kier molecular flexibility index (Phi) is 5.65. The van der Waals surface area contributed by atoms with E-state index < -0.39 is 23.5 Å². The van der Waals surface area contributed by atoms with Crippen LogP contribution in [0.2, 0.25) is 0 Å². The van der Waals surface area contributed by atoms with Crippen molar-refractivity contribution >= 4 is 23.7 Å². The van der Waals surface area contributed by atoms with Crippen molar-refractivity contribution < 1.29 is 24.2 Å². The molecule has 2 N–H and O–H groups in total. The van der Waals surface area contributed by atoms with Crippen LogP contribution in [0.25, 0.3) is 6.08 Å². The number of methoxy groups -OCH3 is 1. The van der Waals surface area contributed by atoms with E-state index in [1.165, 1.54) is 25.3 Å². The fourth-order valence-electron chi connectivity index (χ4n) is 2.42. The van der Waals surface area contributed by atoms with E-state index in [0.717, 1.165) is 5.56 Å². The molecule has 0 aromatic heterocycles. The summed E-state index contributed by atoms with van der Waals surface area (Å²) in [6.07, 6.45) is 4.95. The Morgan fingerprint density at radius 2 is 2.08 bits per heavy atom.